The Hall–Kier alpha value is -2.29. The number of hydrogen-bond acceptors (Lipinski definition) is 5. The summed E-state index contributed by atoms with van der Waals surface area (Å²) >= 11 is 2.02. The molecule has 6 nitrogen and oxygen atoms in total. The number of phenolic OH excluding ortho intramolecular Hbond substituents is 1. The number of rotatable bonds is 3. The van der Waals surface area contributed by atoms with Crippen molar-refractivity contribution in [2.24, 2.45) is 5.10 Å². The minimum Gasteiger partial charge on any atom is -0.507 e. The smallest absolute Gasteiger partial charge is 0.271 e. The van der Waals surface area contributed by atoms with Crippen LogP contribution < -0.4 is 14.9 Å². The topological polar surface area (TPSA) is 80.2 Å². The Bertz CT molecular complexity index is 777. The van der Waals surface area contributed by atoms with Crippen molar-refractivity contribution >= 4 is 34.7 Å². The fourth-order valence-corrected chi connectivity index (χ4v) is 2.56. The summed E-state index contributed by atoms with van der Waals surface area (Å²) in [5.41, 5.74) is 3.67. The lowest BCUT2D eigenvalue weighted by atomic mass is 10.2. The number of halogens is 1. The molecular weight excluding hydrogens is 411 g/mol. The van der Waals surface area contributed by atoms with Crippen LogP contribution >= 0.6 is 22.6 Å². The first-order valence-corrected chi connectivity index (χ1v) is 7.93. The molecule has 0 unspecified atom stereocenters. The van der Waals surface area contributed by atoms with E-state index in [1.165, 1.54) is 6.21 Å². The molecule has 0 atom stereocenters. The highest BCUT2D eigenvalue weighted by Gasteiger charge is 2.14. The van der Waals surface area contributed by atoms with E-state index in [0.717, 1.165) is 5.56 Å². The van der Waals surface area contributed by atoms with E-state index < -0.39 is 0 Å². The molecule has 0 aliphatic carbocycles. The lowest BCUT2D eigenvalue weighted by Gasteiger charge is -2.18. The number of hydrazone groups is 1. The number of nitrogens with zero attached hydrogens (tertiary/aromatic N) is 1. The molecular formula is C16H13IN2O4. The van der Waals surface area contributed by atoms with E-state index in [1.54, 1.807) is 36.4 Å². The summed E-state index contributed by atoms with van der Waals surface area (Å²) in [4.78, 5) is 12.1. The van der Waals surface area contributed by atoms with Gasteiger partial charge in [0.25, 0.3) is 5.91 Å². The largest absolute Gasteiger partial charge is 0.507 e. The standard InChI is InChI=1S/C16H13IN2O4/c17-12-7-10(1-3-13(12)20)9-18-19-16(21)11-2-4-14-15(8-11)23-6-5-22-14/h1-4,7-9,20H,5-6H2,(H,19,21)/b18-9+. The predicted molar refractivity (Wildman–Crippen MR) is 93.3 cm³/mol. The van der Waals surface area contributed by atoms with Gasteiger partial charge in [-0.05, 0) is 64.6 Å². The van der Waals surface area contributed by atoms with E-state index in [-0.39, 0.29) is 11.7 Å². The van der Waals surface area contributed by atoms with E-state index in [2.05, 4.69) is 10.5 Å². The molecule has 0 saturated carbocycles. The van der Waals surface area contributed by atoms with Gasteiger partial charge in [0, 0.05) is 5.56 Å². The van der Waals surface area contributed by atoms with Gasteiger partial charge < -0.3 is 14.6 Å². The molecule has 2 N–H and O–H groups in total. The van der Waals surface area contributed by atoms with E-state index in [1.807, 2.05) is 22.6 Å². The highest BCUT2D eigenvalue weighted by Crippen LogP contribution is 2.30. The highest BCUT2D eigenvalue weighted by molar-refractivity contribution is 14.1. The fourth-order valence-electron chi connectivity index (χ4n) is 2.02. The molecule has 0 fully saturated rings. The molecule has 0 aromatic heterocycles. The van der Waals surface area contributed by atoms with E-state index in [4.69, 9.17) is 9.47 Å². The van der Waals surface area contributed by atoms with Crippen molar-refractivity contribution in [1.29, 1.82) is 0 Å². The number of nitrogens with one attached hydrogen (secondary N) is 1. The fraction of sp³-hybridized carbons (Fsp3) is 0.125. The molecule has 0 bridgehead atoms. The zero-order chi connectivity index (χ0) is 16.2. The van der Waals surface area contributed by atoms with Crippen molar-refractivity contribution in [3.63, 3.8) is 0 Å². The van der Waals surface area contributed by atoms with Gasteiger partial charge in [0.05, 0.1) is 9.78 Å². The van der Waals surface area contributed by atoms with Crippen LogP contribution in [0.2, 0.25) is 0 Å². The molecule has 7 heteroatoms. The maximum Gasteiger partial charge on any atom is 0.271 e. The molecule has 1 heterocycles. The van der Waals surface area contributed by atoms with Crippen molar-refractivity contribution in [2.75, 3.05) is 13.2 Å². The van der Waals surface area contributed by atoms with E-state index in [0.29, 0.717) is 33.8 Å². The average Bonchev–Trinajstić information content (AvgIpc) is 2.57. The second kappa shape index (κ2) is 6.86. The number of hydrogen-bond donors (Lipinski definition) is 2. The Morgan fingerprint density at radius 3 is 2.74 bits per heavy atom. The number of carbonyl (C=O) groups excluding carboxylic acids is 1. The number of ether oxygens (including phenoxy) is 2. The molecule has 2 aromatic carbocycles. The van der Waals surface area contributed by atoms with Crippen LogP contribution in [0.5, 0.6) is 17.2 Å². The zero-order valence-electron chi connectivity index (χ0n) is 12.0. The van der Waals surface area contributed by atoms with Crippen molar-refractivity contribution in [3.05, 3.63) is 51.1 Å². The summed E-state index contributed by atoms with van der Waals surface area (Å²) in [5, 5.41) is 13.4. The van der Waals surface area contributed by atoms with Crippen LogP contribution in [0, 0.1) is 3.57 Å². The minimum absolute atomic E-state index is 0.211. The van der Waals surface area contributed by atoms with Gasteiger partial charge >= 0.3 is 0 Å². The molecule has 0 radical (unpaired) electrons. The Labute approximate surface area is 146 Å². The second-order valence-electron chi connectivity index (χ2n) is 4.77. The van der Waals surface area contributed by atoms with Crippen LogP contribution in [0.15, 0.2) is 41.5 Å². The molecule has 0 saturated heterocycles. The first-order valence-electron chi connectivity index (χ1n) is 6.85. The van der Waals surface area contributed by atoms with Gasteiger partial charge in [0.15, 0.2) is 11.5 Å². The summed E-state index contributed by atoms with van der Waals surface area (Å²) in [6.45, 7) is 0.976. The summed E-state index contributed by atoms with van der Waals surface area (Å²) in [6.07, 6.45) is 1.51. The van der Waals surface area contributed by atoms with Gasteiger partial charge in [-0.2, -0.15) is 5.10 Å². The van der Waals surface area contributed by atoms with Gasteiger partial charge in [-0.1, -0.05) is 0 Å². The van der Waals surface area contributed by atoms with Gasteiger partial charge in [-0.3, -0.25) is 4.79 Å². The third-order valence-electron chi connectivity index (χ3n) is 3.16. The van der Waals surface area contributed by atoms with Crippen LogP contribution in [0.3, 0.4) is 0 Å². The van der Waals surface area contributed by atoms with Crippen molar-refractivity contribution < 1.29 is 19.4 Å². The first-order chi connectivity index (χ1) is 11.1. The Morgan fingerprint density at radius 1 is 1.17 bits per heavy atom. The quantitative estimate of drug-likeness (QED) is 0.451. The Morgan fingerprint density at radius 2 is 1.96 bits per heavy atom. The summed E-state index contributed by atoms with van der Waals surface area (Å²) in [6, 6.07) is 10.0. The third kappa shape index (κ3) is 3.73. The van der Waals surface area contributed by atoms with Gasteiger partial charge in [-0.25, -0.2) is 5.43 Å². The number of phenols is 1. The third-order valence-corrected chi connectivity index (χ3v) is 4.02. The summed E-state index contributed by atoms with van der Waals surface area (Å²) in [5.74, 6) is 1.06. The SMILES string of the molecule is O=C(N/N=C/c1ccc(O)c(I)c1)c1ccc2c(c1)OCCO2. The predicted octanol–water partition coefficient (Wildman–Crippen LogP) is 2.53. The maximum atomic E-state index is 12.1. The second-order valence-corrected chi connectivity index (χ2v) is 5.93. The minimum atomic E-state index is -0.341. The van der Waals surface area contributed by atoms with Gasteiger partial charge in [0.2, 0.25) is 0 Å². The summed E-state index contributed by atoms with van der Waals surface area (Å²) in [7, 11) is 0. The van der Waals surface area contributed by atoms with Gasteiger partial charge in [-0.15, -0.1) is 0 Å². The van der Waals surface area contributed by atoms with Crippen molar-refractivity contribution in [3.8, 4) is 17.2 Å². The molecule has 3 rings (SSSR count). The lowest BCUT2D eigenvalue weighted by Crippen LogP contribution is -2.19. The molecule has 1 aliphatic rings. The molecule has 1 amide bonds. The normalized spacial score (nSPS) is 13.1. The van der Waals surface area contributed by atoms with Crippen LogP contribution in [-0.2, 0) is 0 Å². The number of fused-ring (bicyclic) bond motifs is 1. The van der Waals surface area contributed by atoms with Gasteiger partial charge in [0.1, 0.15) is 19.0 Å². The average molecular weight is 424 g/mol. The van der Waals surface area contributed by atoms with Crippen molar-refractivity contribution in [1.82, 2.24) is 5.43 Å². The van der Waals surface area contributed by atoms with Crippen LogP contribution in [0.1, 0.15) is 15.9 Å². The lowest BCUT2D eigenvalue weighted by molar-refractivity contribution is 0.0954. The molecule has 1 aliphatic heterocycles. The molecule has 0 spiro atoms. The number of aromatic hydroxyl groups is 1. The van der Waals surface area contributed by atoms with Crippen LogP contribution in [-0.4, -0.2) is 30.4 Å². The van der Waals surface area contributed by atoms with E-state index >= 15 is 0 Å². The number of carbonyl (C=O) groups is 1. The summed E-state index contributed by atoms with van der Waals surface area (Å²) < 4.78 is 11.6. The molecule has 118 valence electrons. The number of benzene rings is 2. The molecule has 2 aromatic rings. The highest BCUT2D eigenvalue weighted by atomic mass is 127. The maximum absolute atomic E-state index is 12.1. The van der Waals surface area contributed by atoms with Crippen LogP contribution in [0.4, 0.5) is 0 Å². The van der Waals surface area contributed by atoms with E-state index in [9.17, 15) is 9.90 Å². The Kier molecular flexibility index (Phi) is 4.65. The van der Waals surface area contributed by atoms with Crippen molar-refractivity contribution in [2.45, 2.75) is 0 Å². The van der Waals surface area contributed by atoms with Crippen LogP contribution in [0.25, 0.3) is 0 Å². The molecule has 23 heavy (non-hydrogen) atoms. The zero-order valence-corrected chi connectivity index (χ0v) is 14.1. The number of amides is 1. The Balaban J connectivity index is 1.67. The monoisotopic (exact) mass is 424 g/mol. The first kappa shape index (κ1) is 15.6.